The van der Waals surface area contributed by atoms with Crippen molar-refractivity contribution < 1.29 is 14.8 Å². The molecule has 0 aromatic heterocycles. The molecule has 0 aliphatic heterocycles. The maximum atomic E-state index is 11.4. The van der Waals surface area contributed by atoms with Gasteiger partial charge in [-0.15, -0.1) is 0 Å². The molecule has 0 heterocycles. The first kappa shape index (κ1) is 14.9. The van der Waals surface area contributed by atoms with Crippen LogP contribution in [-0.4, -0.2) is 28.7 Å². The van der Waals surface area contributed by atoms with Crippen LogP contribution in [0.1, 0.15) is 18.9 Å². The van der Waals surface area contributed by atoms with Crippen molar-refractivity contribution in [2.45, 2.75) is 26.0 Å². The topological polar surface area (TPSA) is 104 Å². The molecule has 1 unspecified atom stereocenters. The third-order valence-corrected chi connectivity index (χ3v) is 2.48. The third kappa shape index (κ3) is 5.35. The number of para-hydroxylation sites is 1. The SMILES string of the molecule is CC(O)CCNC(=O)NCc1ccccc1[N+](=O)[O-]. The van der Waals surface area contributed by atoms with Gasteiger partial charge in [0.15, 0.2) is 0 Å². The Bertz CT molecular complexity index is 448. The minimum Gasteiger partial charge on any atom is -0.393 e. The Balaban J connectivity index is 2.44. The van der Waals surface area contributed by atoms with Crippen LogP contribution in [0, 0.1) is 10.1 Å². The summed E-state index contributed by atoms with van der Waals surface area (Å²) in [7, 11) is 0. The van der Waals surface area contributed by atoms with E-state index in [4.69, 9.17) is 5.11 Å². The van der Waals surface area contributed by atoms with E-state index >= 15 is 0 Å². The second kappa shape index (κ2) is 7.32. The number of carbonyl (C=O) groups is 1. The fourth-order valence-corrected chi connectivity index (χ4v) is 1.47. The number of hydrogen-bond acceptors (Lipinski definition) is 4. The quantitative estimate of drug-likeness (QED) is 0.531. The highest BCUT2D eigenvalue weighted by Crippen LogP contribution is 2.16. The van der Waals surface area contributed by atoms with Crippen LogP contribution >= 0.6 is 0 Å². The van der Waals surface area contributed by atoms with Gasteiger partial charge in [-0.05, 0) is 13.3 Å². The molecule has 0 aliphatic carbocycles. The molecule has 7 heteroatoms. The van der Waals surface area contributed by atoms with E-state index in [1.807, 2.05) is 0 Å². The second-order valence-electron chi connectivity index (χ2n) is 4.13. The van der Waals surface area contributed by atoms with E-state index < -0.39 is 17.1 Å². The van der Waals surface area contributed by atoms with Crippen molar-refractivity contribution in [3.05, 3.63) is 39.9 Å². The number of aliphatic hydroxyl groups is 1. The standard InChI is InChI=1S/C12H17N3O4/c1-9(16)6-7-13-12(17)14-8-10-4-2-3-5-11(10)15(18)19/h2-5,9,16H,6-8H2,1H3,(H2,13,14,17). The van der Waals surface area contributed by atoms with Crippen molar-refractivity contribution in [2.75, 3.05) is 6.54 Å². The molecule has 7 nitrogen and oxygen atoms in total. The molecule has 0 radical (unpaired) electrons. The summed E-state index contributed by atoms with van der Waals surface area (Å²) in [5.41, 5.74) is 0.421. The predicted molar refractivity (Wildman–Crippen MR) is 69.6 cm³/mol. The lowest BCUT2D eigenvalue weighted by molar-refractivity contribution is -0.385. The van der Waals surface area contributed by atoms with Crippen molar-refractivity contribution in [1.82, 2.24) is 10.6 Å². The number of rotatable bonds is 6. The molecular weight excluding hydrogens is 250 g/mol. The molecule has 1 atom stereocenters. The zero-order valence-corrected chi connectivity index (χ0v) is 10.6. The van der Waals surface area contributed by atoms with Gasteiger partial charge in [-0.2, -0.15) is 0 Å². The molecule has 1 aromatic rings. The Morgan fingerprint density at radius 2 is 2.11 bits per heavy atom. The van der Waals surface area contributed by atoms with Crippen LogP contribution < -0.4 is 10.6 Å². The van der Waals surface area contributed by atoms with Crippen molar-refractivity contribution >= 4 is 11.7 Å². The average Bonchev–Trinajstić information content (AvgIpc) is 2.36. The van der Waals surface area contributed by atoms with Crippen LogP contribution in [0.15, 0.2) is 24.3 Å². The minimum absolute atomic E-state index is 0.0215. The van der Waals surface area contributed by atoms with Gasteiger partial charge < -0.3 is 15.7 Å². The minimum atomic E-state index is -0.484. The van der Waals surface area contributed by atoms with E-state index in [9.17, 15) is 14.9 Å². The smallest absolute Gasteiger partial charge is 0.315 e. The van der Waals surface area contributed by atoms with Gasteiger partial charge in [0.1, 0.15) is 0 Å². The fourth-order valence-electron chi connectivity index (χ4n) is 1.47. The van der Waals surface area contributed by atoms with Crippen molar-refractivity contribution in [3.8, 4) is 0 Å². The Kier molecular flexibility index (Phi) is 5.74. The van der Waals surface area contributed by atoms with E-state index in [1.54, 1.807) is 25.1 Å². The molecule has 19 heavy (non-hydrogen) atoms. The summed E-state index contributed by atoms with van der Waals surface area (Å²) >= 11 is 0. The average molecular weight is 267 g/mol. The van der Waals surface area contributed by atoms with Gasteiger partial charge in [-0.3, -0.25) is 10.1 Å². The number of aliphatic hydroxyl groups excluding tert-OH is 1. The van der Waals surface area contributed by atoms with E-state index in [0.717, 1.165) is 0 Å². The molecule has 0 saturated carbocycles. The largest absolute Gasteiger partial charge is 0.393 e. The van der Waals surface area contributed by atoms with Gasteiger partial charge in [0, 0.05) is 18.2 Å². The Labute approximate surface area is 110 Å². The van der Waals surface area contributed by atoms with Gasteiger partial charge >= 0.3 is 6.03 Å². The molecule has 2 amide bonds. The highest BCUT2D eigenvalue weighted by Gasteiger charge is 2.12. The molecule has 0 saturated heterocycles. The number of amides is 2. The molecular formula is C12H17N3O4. The molecule has 3 N–H and O–H groups in total. The number of nitrogens with zero attached hydrogens (tertiary/aromatic N) is 1. The molecule has 1 aromatic carbocycles. The normalized spacial score (nSPS) is 11.7. The number of urea groups is 1. The summed E-state index contributed by atoms with van der Waals surface area (Å²) < 4.78 is 0. The second-order valence-corrected chi connectivity index (χ2v) is 4.13. The summed E-state index contributed by atoms with van der Waals surface area (Å²) in [6, 6.07) is 5.81. The maximum Gasteiger partial charge on any atom is 0.315 e. The fraction of sp³-hybridized carbons (Fsp3) is 0.417. The van der Waals surface area contributed by atoms with Gasteiger partial charge in [-0.1, -0.05) is 18.2 Å². The van der Waals surface area contributed by atoms with Gasteiger partial charge in [-0.25, -0.2) is 4.79 Å². The molecule has 0 fully saturated rings. The maximum absolute atomic E-state index is 11.4. The Morgan fingerprint density at radius 1 is 1.42 bits per heavy atom. The summed E-state index contributed by atoms with van der Waals surface area (Å²) in [6.45, 7) is 2.06. The van der Waals surface area contributed by atoms with Crippen LogP contribution in [-0.2, 0) is 6.54 Å². The molecule has 0 spiro atoms. The lowest BCUT2D eigenvalue weighted by Crippen LogP contribution is -2.36. The molecule has 0 bridgehead atoms. The van der Waals surface area contributed by atoms with Crippen LogP contribution in [0.4, 0.5) is 10.5 Å². The zero-order chi connectivity index (χ0) is 14.3. The van der Waals surface area contributed by atoms with Crippen molar-refractivity contribution in [3.63, 3.8) is 0 Å². The summed E-state index contributed by atoms with van der Waals surface area (Å²) in [4.78, 5) is 21.7. The van der Waals surface area contributed by atoms with E-state index in [1.165, 1.54) is 6.07 Å². The Hall–Kier alpha value is -2.15. The molecule has 1 rings (SSSR count). The zero-order valence-electron chi connectivity index (χ0n) is 10.6. The highest BCUT2D eigenvalue weighted by atomic mass is 16.6. The van der Waals surface area contributed by atoms with E-state index in [0.29, 0.717) is 18.5 Å². The highest BCUT2D eigenvalue weighted by molar-refractivity contribution is 5.73. The monoisotopic (exact) mass is 267 g/mol. The number of nitrogens with one attached hydrogen (secondary N) is 2. The van der Waals surface area contributed by atoms with Crippen LogP contribution in [0.3, 0.4) is 0 Å². The molecule has 104 valence electrons. The number of carbonyl (C=O) groups excluding carboxylic acids is 1. The molecule has 0 aliphatic rings. The summed E-state index contributed by atoms with van der Waals surface area (Å²) in [5.74, 6) is 0. The van der Waals surface area contributed by atoms with Gasteiger partial charge in [0.25, 0.3) is 5.69 Å². The van der Waals surface area contributed by atoms with Crippen LogP contribution in [0.2, 0.25) is 0 Å². The Morgan fingerprint density at radius 3 is 2.74 bits per heavy atom. The van der Waals surface area contributed by atoms with Gasteiger partial charge in [0.05, 0.1) is 17.6 Å². The summed E-state index contributed by atoms with van der Waals surface area (Å²) in [6.07, 6.45) is -0.0191. The number of nitro benzene ring substituents is 1. The summed E-state index contributed by atoms with van der Waals surface area (Å²) in [5, 5.41) is 24.9. The third-order valence-electron chi connectivity index (χ3n) is 2.48. The first-order valence-corrected chi connectivity index (χ1v) is 5.92. The lowest BCUT2D eigenvalue weighted by atomic mass is 10.2. The number of hydrogen-bond donors (Lipinski definition) is 3. The van der Waals surface area contributed by atoms with Crippen LogP contribution in [0.25, 0.3) is 0 Å². The van der Waals surface area contributed by atoms with Crippen molar-refractivity contribution in [2.24, 2.45) is 0 Å². The number of nitro groups is 1. The first-order valence-electron chi connectivity index (χ1n) is 5.92. The van der Waals surface area contributed by atoms with E-state index in [2.05, 4.69) is 10.6 Å². The number of benzene rings is 1. The first-order chi connectivity index (χ1) is 9.00. The van der Waals surface area contributed by atoms with Crippen LogP contribution in [0.5, 0.6) is 0 Å². The van der Waals surface area contributed by atoms with Crippen molar-refractivity contribution in [1.29, 1.82) is 0 Å². The predicted octanol–water partition coefficient (Wildman–Crippen LogP) is 1.16. The lowest BCUT2D eigenvalue weighted by Gasteiger charge is -2.08. The van der Waals surface area contributed by atoms with Gasteiger partial charge in [0.2, 0.25) is 0 Å². The van der Waals surface area contributed by atoms with E-state index in [-0.39, 0.29) is 12.2 Å².